The topological polar surface area (TPSA) is 87.7 Å². The molecule has 0 fully saturated rings. The van der Waals surface area contributed by atoms with E-state index < -0.39 is 24.4 Å². The van der Waals surface area contributed by atoms with Crippen LogP contribution in [0, 0.1) is 5.82 Å². The molecule has 0 aliphatic rings. The summed E-state index contributed by atoms with van der Waals surface area (Å²) in [6.07, 6.45) is 0. The molecule has 17 heavy (non-hydrogen) atoms. The molecule has 0 saturated carbocycles. The molecule has 0 aliphatic carbocycles. The number of aliphatic carboxylic acids is 1. The van der Waals surface area contributed by atoms with Crippen LogP contribution in [0.4, 0.5) is 14.9 Å². The van der Waals surface area contributed by atoms with Gasteiger partial charge < -0.3 is 10.4 Å². The van der Waals surface area contributed by atoms with Crippen molar-refractivity contribution in [3.8, 4) is 0 Å². The predicted molar refractivity (Wildman–Crippen MR) is 59.8 cm³/mol. The fraction of sp³-hybridized carbons (Fsp3) is 0.111. The number of anilines is 1. The number of benzene rings is 1. The molecule has 0 saturated heterocycles. The molecule has 6 nitrogen and oxygen atoms in total. The monoisotopic (exact) mass is 306 g/mol. The molecule has 1 aromatic rings. The SMILES string of the molecule is O=C(O)CONC(=O)Nc1ccc(F)cc1Br. The summed E-state index contributed by atoms with van der Waals surface area (Å²) in [6, 6.07) is 2.92. The standard InChI is InChI=1S/C9H8BrFN2O4/c10-6-3-5(11)1-2-7(6)12-9(16)13-17-4-8(14)15/h1-3H,4H2,(H,14,15)(H2,12,13,16). The lowest BCUT2D eigenvalue weighted by molar-refractivity contribution is -0.143. The molecule has 0 heterocycles. The lowest BCUT2D eigenvalue weighted by atomic mass is 10.3. The number of hydroxylamine groups is 1. The number of rotatable bonds is 4. The molecule has 92 valence electrons. The molecule has 8 heteroatoms. The summed E-state index contributed by atoms with van der Waals surface area (Å²) in [5, 5.41) is 10.6. The number of nitrogens with one attached hydrogen (secondary N) is 2. The van der Waals surface area contributed by atoms with Crippen molar-refractivity contribution in [2.24, 2.45) is 0 Å². The Bertz CT molecular complexity index is 441. The largest absolute Gasteiger partial charge is 0.479 e. The third kappa shape index (κ3) is 4.79. The molecule has 0 aliphatic heterocycles. The van der Waals surface area contributed by atoms with Gasteiger partial charge in [0, 0.05) is 4.47 Å². The van der Waals surface area contributed by atoms with Crippen molar-refractivity contribution >= 4 is 33.6 Å². The van der Waals surface area contributed by atoms with Gasteiger partial charge >= 0.3 is 12.0 Å². The van der Waals surface area contributed by atoms with Crippen LogP contribution in [0.15, 0.2) is 22.7 Å². The van der Waals surface area contributed by atoms with Gasteiger partial charge in [-0.2, -0.15) is 0 Å². The minimum Gasteiger partial charge on any atom is -0.479 e. The highest BCUT2D eigenvalue weighted by atomic mass is 79.9. The van der Waals surface area contributed by atoms with Crippen LogP contribution in [0.1, 0.15) is 0 Å². The molecule has 0 aromatic heterocycles. The normalized spacial score (nSPS) is 9.76. The minimum atomic E-state index is -1.21. The number of hydrogen-bond donors (Lipinski definition) is 3. The molecule has 1 aromatic carbocycles. The molecule has 3 N–H and O–H groups in total. The number of carboxylic acid groups (broad SMARTS) is 1. The summed E-state index contributed by atoms with van der Waals surface area (Å²) >= 11 is 3.05. The number of amides is 2. The predicted octanol–water partition coefficient (Wildman–Crippen LogP) is 1.73. The number of urea groups is 1. The van der Waals surface area contributed by atoms with E-state index in [0.717, 1.165) is 0 Å². The molecular formula is C9H8BrFN2O4. The van der Waals surface area contributed by atoms with E-state index in [9.17, 15) is 14.0 Å². The lowest BCUT2D eigenvalue weighted by Gasteiger charge is -2.08. The number of carbonyl (C=O) groups excluding carboxylic acids is 1. The second kappa shape index (κ2) is 6.16. The van der Waals surface area contributed by atoms with Crippen LogP contribution in [0.2, 0.25) is 0 Å². The van der Waals surface area contributed by atoms with E-state index >= 15 is 0 Å². The summed E-state index contributed by atoms with van der Waals surface area (Å²) in [7, 11) is 0. The molecule has 0 unspecified atom stereocenters. The van der Waals surface area contributed by atoms with Crippen LogP contribution < -0.4 is 10.8 Å². The van der Waals surface area contributed by atoms with E-state index in [4.69, 9.17) is 5.11 Å². The van der Waals surface area contributed by atoms with Gasteiger partial charge in [0.1, 0.15) is 5.82 Å². The van der Waals surface area contributed by atoms with Crippen LogP contribution >= 0.6 is 15.9 Å². The second-order valence-corrected chi connectivity index (χ2v) is 3.72. The van der Waals surface area contributed by atoms with Crippen LogP contribution in [-0.2, 0) is 9.63 Å². The Labute approximate surface area is 104 Å². The first-order chi connectivity index (χ1) is 7.99. The van der Waals surface area contributed by atoms with Gasteiger partial charge in [-0.25, -0.2) is 19.5 Å². The first kappa shape index (κ1) is 13.4. The minimum absolute atomic E-state index is 0.322. The van der Waals surface area contributed by atoms with E-state index in [1.807, 2.05) is 5.48 Å². The van der Waals surface area contributed by atoms with Crippen molar-refractivity contribution in [2.75, 3.05) is 11.9 Å². The van der Waals surface area contributed by atoms with E-state index in [2.05, 4.69) is 26.1 Å². The number of hydrogen-bond acceptors (Lipinski definition) is 3. The van der Waals surface area contributed by atoms with E-state index in [0.29, 0.717) is 10.2 Å². The summed E-state index contributed by atoms with van der Waals surface area (Å²) in [4.78, 5) is 25.6. The quantitative estimate of drug-likeness (QED) is 0.739. The molecule has 0 bridgehead atoms. The van der Waals surface area contributed by atoms with Gasteiger partial charge in [-0.15, -0.1) is 0 Å². The molecule has 0 spiro atoms. The van der Waals surface area contributed by atoms with Crippen LogP contribution in [0.3, 0.4) is 0 Å². The first-order valence-electron chi connectivity index (χ1n) is 4.34. The third-order valence-corrected chi connectivity index (χ3v) is 2.20. The zero-order valence-electron chi connectivity index (χ0n) is 8.37. The van der Waals surface area contributed by atoms with Crippen LogP contribution in [0.5, 0.6) is 0 Å². The third-order valence-electron chi connectivity index (χ3n) is 1.54. The Morgan fingerprint density at radius 1 is 1.47 bits per heavy atom. The highest BCUT2D eigenvalue weighted by Gasteiger charge is 2.06. The Kier molecular flexibility index (Phi) is 4.85. The van der Waals surface area contributed by atoms with Gasteiger partial charge in [0.2, 0.25) is 0 Å². The van der Waals surface area contributed by atoms with Gasteiger partial charge in [-0.3, -0.25) is 4.84 Å². The van der Waals surface area contributed by atoms with Crippen molar-refractivity contribution in [2.45, 2.75) is 0 Å². The van der Waals surface area contributed by atoms with Crippen molar-refractivity contribution in [3.63, 3.8) is 0 Å². The number of carbonyl (C=O) groups is 2. The average molecular weight is 307 g/mol. The Morgan fingerprint density at radius 3 is 2.76 bits per heavy atom. The highest BCUT2D eigenvalue weighted by molar-refractivity contribution is 9.10. The Balaban J connectivity index is 2.48. The zero-order valence-corrected chi connectivity index (χ0v) is 9.95. The fourth-order valence-corrected chi connectivity index (χ4v) is 1.35. The first-order valence-corrected chi connectivity index (χ1v) is 5.14. The summed E-state index contributed by atoms with van der Waals surface area (Å²) in [5.41, 5.74) is 2.18. The summed E-state index contributed by atoms with van der Waals surface area (Å²) < 4.78 is 13.1. The van der Waals surface area contributed by atoms with Gasteiger partial charge in [0.15, 0.2) is 6.61 Å². The maximum Gasteiger partial charge on any atom is 0.343 e. The molecule has 0 radical (unpaired) electrons. The van der Waals surface area contributed by atoms with Crippen molar-refractivity contribution < 1.29 is 23.9 Å². The smallest absolute Gasteiger partial charge is 0.343 e. The maximum absolute atomic E-state index is 12.7. The fourth-order valence-electron chi connectivity index (χ4n) is 0.902. The van der Waals surface area contributed by atoms with E-state index in [-0.39, 0.29) is 0 Å². The van der Waals surface area contributed by atoms with Crippen molar-refractivity contribution in [1.29, 1.82) is 0 Å². The van der Waals surface area contributed by atoms with Gasteiger partial charge in [-0.05, 0) is 34.1 Å². The van der Waals surface area contributed by atoms with Gasteiger partial charge in [0.25, 0.3) is 0 Å². The molecule has 2 amide bonds. The summed E-state index contributed by atoms with van der Waals surface area (Å²) in [6.45, 7) is -0.655. The van der Waals surface area contributed by atoms with E-state index in [1.54, 1.807) is 0 Å². The number of halogens is 2. The van der Waals surface area contributed by atoms with Crippen LogP contribution in [-0.4, -0.2) is 23.7 Å². The average Bonchev–Trinajstić information content (AvgIpc) is 2.21. The molecular weight excluding hydrogens is 299 g/mol. The maximum atomic E-state index is 12.7. The van der Waals surface area contributed by atoms with Gasteiger partial charge in [-0.1, -0.05) is 0 Å². The zero-order chi connectivity index (χ0) is 12.8. The number of carboxylic acids is 1. The second-order valence-electron chi connectivity index (χ2n) is 2.86. The lowest BCUT2D eigenvalue weighted by Crippen LogP contribution is -2.30. The van der Waals surface area contributed by atoms with Gasteiger partial charge in [0.05, 0.1) is 5.69 Å². The molecule has 1 rings (SSSR count). The summed E-state index contributed by atoms with van der Waals surface area (Å²) in [5.74, 6) is -1.67. The highest BCUT2D eigenvalue weighted by Crippen LogP contribution is 2.22. The Morgan fingerprint density at radius 2 is 2.18 bits per heavy atom. The van der Waals surface area contributed by atoms with Crippen molar-refractivity contribution in [1.82, 2.24) is 5.48 Å². The van der Waals surface area contributed by atoms with E-state index in [1.165, 1.54) is 18.2 Å². The van der Waals surface area contributed by atoms with Crippen LogP contribution in [0.25, 0.3) is 0 Å². The van der Waals surface area contributed by atoms with Crippen molar-refractivity contribution in [3.05, 3.63) is 28.5 Å². The molecule has 0 atom stereocenters. The Hall–Kier alpha value is -1.67.